The molecule has 0 saturated carbocycles. The van der Waals surface area contributed by atoms with Gasteiger partial charge in [0.1, 0.15) is 6.54 Å². The van der Waals surface area contributed by atoms with Crippen molar-refractivity contribution in [3.05, 3.63) is 65.7 Å². The zero-order chi connectivity index (χ0) is 24.1. The van der Waals surface area contributed by atoms with E-state index in [-0.39, 0.29) is 37.6 Å². The van der Waals surface area contributed by atoms with Gasteiger partial charge in [0, 0.05) is 26.2 Å². The Hall–Kier alpha value is -2.43. The number of hydrogen-bond donors (Lipinski definition) is 0. The van der Waals surface area contributed by atoms with Gasteiger partial charge in [-0.15, -0.1) is 0 Å². The molecule has 2 aromatic rings. The van der Waals surface area contributed by atoms with Crippen LogP contribution in [0.2, 0.25) is 0 Å². The average Bonchev–Trinajstić information content (AvgIpc) is 2.99. The van der Waals surface area contributed by atoms with Crippen LogP contribution in [0.15, 0.2) is 59.5 Å². The second-order valence-electron chi connectivity index (χ2n) is 8.20. The standard InChI is InChI=1S/C23H28F3N3O3S/c1-19-8-10-21(11-9-19)33(31,32)29-13-5-12-27(14-15-29)17-22(30)28(18-23(24,25)26)16-20-6-3-2-4-7-20/h2-4,6-11H,5,12-18H2,1H3. The molecule has 33 heavy (non-hydrogen) atoms. The van der Waals surface area contributed by atoms with Crippen LogP contribution in [0.4, 0.5) is 13.2 Å². The van der Waals surface area contributed by atoms with E-state index in [0.29, 0.717) is 18.5 Å². The number of amides is 1. The molecule has 0 aliphatic carbocycles. The topological polar surface area (TPSA) is 60.9 Å². The molecule has 1 fully saturated rings. The first kappa shape index (κ1) is 25.2. The van der Waals surface area contributed by atoms with Crippen LogP contribution in [0.5, 0.6) is 0 Å². The van der Waals surface area contributed by atoms with Crippen molar-refractivity contribution in [3.63, 3.8) is 0 Å². The predicted octanol–water partition coefficient (Wildman–Crippen LogP) is 3.28. The minimum absolute atomic E-state index is 0.138. The summed E-state index contributed by atoms with van der Waals surface area (Å²) in [4.78, 5) is 15.5. The molecule has 180 valence electrons. The summed E-state index contributed by atoms with van der Waals surface area (Å²) in [6.07, 6.45) is -4.03. The Balaban J connectivity index is 1.64. The van der Waals surface area contributed by atoms with E-state index in [1.165, 1.54) is 4.31 Å². The molecule has 0 unspecified atom stereocenters. The highest BCUT2D eigenvalue weighted by Crippen LogP contribution is 2.20. The first-order valence-corrected chi connectivity index (χ1v) is 12.2. The van der Waals surface area contributed by atoms with Gasteiger partial charge in [-0.2, -0.15) is 17.5 Å². The number of rotatable bonds is 7. The molecule has 2 aromatic carbocycles. The van der Waals surface area contributed by atoms with Crippen molar-refractivity contribution < 1.29 is 26.4 Å². The number of hydrogen-bond acceptors (Lipinski definition) is 4. The van der Waals surface area contributed by atoms with Gasteiger partial charge >= 0.3 is 6.18 Å². The minimum atomic E-state index is -4.51. The molecular formula is C23H28F3N3O3S. The zero-order valence-corrected chi connectivity index (χ0v) is 19.3. The average molecular weight is 484 g/mol. The summed E-state index contributed by atoms with van der Waals surface area (Å²) in [5.41, 5.74) is 1.56. The van der Waals surface area contributed by atoms with E-state index in [1.54, 1.807) is 59.5 Å². The Bertz CT molecular complexity index is 1030. The van der Waals surface area contributed by atoms with Gasteiger partial charge in [-0.1, -0.05) is 48.0 Å². The van der Waals surface area contributed by atoms with Crippen molar-refractivity contribution >= 4 is 15.9 Å². The van der Waals surface area contributed by atoms with Gasteiger partial charge in [0.25, 0.3) is 0 Å². The molecular weight excluding hydrogens is 455 g/mol. The number of aryl methyl sites for hydroxylation is 1. The van der Waals surface area contributed by atoms with Gasteiger partial charge in [0.2, 0.25) is 15.9 Å². The number of alkyl halides is 3. The van der Waals surface area contributed by atoms with E-state index in [1.807, 2.05) is 6.92 Å². The third-order valence-corrected chi connectivity index (χ3v) is 7.42. The summed E-state index contributed by atoms with van der Waals surface area (Å²) in [5, 5.41) is 0. The maximum absolute atomic E-state index is 13.1. The lowest BCUT2D eigenvalue weighted by Crippen LogP contribution is -2.45. The molecule has 0 aromatic heterocycles. The number of carbonyl (C=O) groups is 1. The number of nitrogens with zero attached hydrogens (tertiary/aromatic N) is 3. The lowest BCUT2D eigenvalue weighted by atomic mass is 10.2. The van der Waals surface area contributed by atoms with Crippen LogP contribution in [-0.4, -0.2) is 73.9 Å². The van der Waals surface area contributed by atoms with Crippen molar-refractivity contribution in [2.24, 2.45) is 0 Å². The van der Waals surface area contributed by atoms with Gasteiger partial charge in [0.15, 0.2) is 0 Å². The highest BCUT2D eigenvalue weighted by atomic mass is 32.2. The van der Waals surface area contributed by atoms with Crippen molar-refractivity contribution in [2.45, 2.75) is 31.0 Å². The van der Waals surface area contributed by atoms with Crippen LogP contribution in [0.25, 0.3) is 0 Å². The SMILES string of the molecule is Cc1ccc(S(=O)(=O)N2CCCN(CC(=O)N(Cc3ccccc3)CC(F)(F)F)CC2)cc1. The quantitative estimate of drug-likeness (QED) is 0.607. The van der Waals surface area contributed by atoms with E-state index in [9.17, 15) is 26.4 Å². The molecule has 1 saturated heterocycles. The maximum Gasteiger partial charge on any atom is 0.406 e. The second kappa shape index (κ2) is 10.7. The third kappa shape index (κ3) is 7.28. The summed E-state index contributed by atoms with van der Waals surface area (Å²) in [6.45, 7) is 1.36. The Labute approximate surface area is 192 Å². The molecule has 1 aliphatic rings. The van der Waals surface area contributed by atoms with Crippen LogP contribution in [0.3, 0.4) is 0 Å². The molecule has 10 heteroatoms. The lowest BCUT2D eigenvalue weighted by Gasteiger charge is -2.27. The van der Waals surface area contributed by atoms with Gasteiger partial charge in [-0.3, -0.25) is 9.69 Å². The molecule has 1 aliphatic heterocycles. The highest BCUT2D eigenvalue weighted by molar-refractivity contribution is 7.89. The molecule has 0 atom stereocenters. The highest BCUT2D eigenvalue weighted by Gasteiger charge is 2.34. The fraction of sp³-hybridized carbons (Fsp3) is 0.435. The summed E-state index contributed by atoms with van der Waals surface area (Å²) in [7, 11) is -3.67. The molecule has 0 spiro atoms. The molecule has 0 bridgehead atoms. The van der Waals surface area contributed by atoms with Crippen molar-refractivity contribution in [3.8, 4) is 0 Å². The predicted molar refractivity (Wildman–Crippen MR) is 119 cm³/mol. The van der Waals surface area contributed by atoms with E-state index >= 15 is 0 Å². The Kier molecular flexibility index (Phi) is 8.14. The third-order valence-electron chi connectivity index (χ3n) is 5.50. The summed E-state index contributed by atoms with van der Waals surface area (Å²) >= 11 is 0. The zero-order valence-electron chi connectivity index (χ0n) is 18.5. The van der Waals surface area contributed by atoms with Crippen LogP contribution in [0, 0.1) is 6.92 Å². The lowest BCUT2D eigenvalue weighted by molar-refractivity contribution is -0.163. The van der Waals surface area contributed by atoms with E-state index in [4.69, 9.17) is 0 Å². The normalized spacial score (nSPS) is 16.4. The monoisotopic (exact) mass is 483 g/mol. The van der Waals surface area contributed by atoms with Crippen LogP contribution in [-0.2, 0) is 21.4 Å². The number of sulfonamides is 1. The number of benzene rings is 2. The Morgan fingerprint density at radius 1 is 0.970 bits per heavy atom. The van der Waals surface area contributed by atoms with Gasteiger partial charge < -0.3 is 4.90 Å². The minimum Gasteiger partial charge on any atom is -0.328 e. The second-order valence-corrected chi connectivity index (χ2v) is 10.1. The molecule has 1 heterocycles. The first-order valence-electron chi connectivity index (χ1n) is 10.7. The van der Waals surface area contributed by atoms with Crippen molar-refractivity contribution in [1.29, 1.82) is 0 Å². The van der Waals surface area contributed by atoms with Crippen molar-refractivity contribution in [2.75, 3.05) is 39.3 Å². The van der Waals surface area contributed by atoms with Crippen molar-refractivity contribution in [1.82, 2.24) is 14.1 Å². The van der Waals surface area contributed by atoms with Crippen LogP contribution < -0.4 is 0 Å². The molecule has 3 rings (SSSR count). The first-order chi connectivity index (χ1) is 15.5. The number of halogens is 3. The molecule has 0 N–H and O–H groups in total. The molecule has 1 amide bonds. The fourth-order valence-corrected chi connectivity index (χ4v) is 5.22. The van der Waals surface area contributed by atoms with E-state index in [0.717, 1.165) is 10.5 Å². The van der Waals surface area contributed by atoms with E-state index in [2.05, 4.69) is 0 Å². The molecule has 6 nitrogen and oxygen atoms in total. The summed E-state index contributed by atoms with van der Waals surface area (Å²) < 4.78 is 66.6. The summed E-state index contributed by atoms with van der Waals surface area (Å²) in [6, 6.07) is 15.1. The fourth-order valence-electron chi connectivity index (χ4n) is 3.75. The van der Waals surface area contributed by atoms with E-state index < -0.39 is 28.7 Å². The van der Waals surface area contributed by atoms with Crippen LogP contribution in [0.1, 0.15) is 17.5 Å². The number of carbonyl (C=O) groups excluding carboxylic acids is 1. The maximum atomic E-state index is 13.1. The smallest absolute Gasteiger partial charge is 0.328 e. The van der Waals surface area contributed by atoms with Gasteiger partial charge in [0.05, 0.1) is 11.4 Å². The summed E-state index contributed by atoms with van der Waals surface area (Å²) in [5.74, 6) is -0.633. The van der Waals surface area contributed by atoms with Gasteiger partial charge in [-0.05, 0) is 37.6 Å². The largest absolute Gasteiger partial charge is 0.406 e. The molecule has 0 radical (unpaired) electrons. The van der Waals surface area contributed by atoms with Gasteiger partial charge in [-0.25, -0.2) is 8.42 Å². The van der Waals surface area contributed by atoms with Crippen LogP contribution >= 0.6 is 0 Å². The Morgan fingerprint density at radius 2 is 1.64 bits per heavy atom. The Morgan fingerprint density at radius 3 is 2.27 bits per heavy atom.